The van der Waals surface area contributed by atoms with Crippen LogP contribution in [0.1, 0.15) is 6.42 Å². The topological polar surface area (TPSA) is 53.1 Å². The van der Waals surface area contributed by atoms with Crippen LogP contribution in [0.15, 0.2) is 48.5 Å². The summed E-state index contributed by atoms with van der Waals surface area (Å²) in [6, 6.07) is 15.1. The van der Waals surface area contributed by atoms with E-state index in [0.717, 1.165) is 11.4 Å². The highest BCUT2D eigenvalue weighted by Crippen LogP contribution is 2.32. The lowest BCUT2D eigenvalue weighted by molar-refractivity contribution is -0.121. The fraction of sp³-hybridized carbons (Fsp3) is 0.300. The molecule has 136 valence electrons. The average Bonchev–Trinajstić information content (AvgIpc) is 2.66. The molecular formula is C20H23N3O3. The Bertz CT molecular complexity index is 819. The van der Waals surface area contributed by atoms with Crippen LogP contribution < -0.4 is 19.4 Å². The zero-order chi connectivity index (χ0) is 18.7. The van der Waals surface area contributed by atoms with Gasteiger partial charge in [0, 0.05) is 34.1 Å². The Morgan fingerprint density at radius 3 is 2.42 bits per heavy atom. The van der Waals surface area contributed by atoms with Crippen molar-refractivity contribution in [2.24, 2.45) is 0 Å². The lowest BCUT2D eigenvalue weighted by Crippen LogP contribution is -2.41. The molecule has 2 aromatic rings. The van der Waals surface area contributed by atoms with Gasteiger partial charge in [-0.2, -0.15) is 0 Å². The van der Waals surface area contributed by atoms with E-state index in [4.69, 9.17) is 4.74 Å². The first-order chi connectivity index (χ1) is 12.5. The largest absolute Gasteiger partial charge is 0.482 e. The number of ether oxygens (including phenoxy) is 1. The van der Waals surface area contributed by atoms with Crippen molar-refractivity contribution in [1.29, 1.82) is 0 Å². The number of hydrogen-bond donors (Lipinski definition) is 0. The first-order valence-electron chi connectivity index (χ1n) is 8.54. The van der Waals surface area contributed by atoms with Gasteiger partial charge in [0.05, 0.1) is 17.1 Å². The normalized spacial score (nSPS) is 13.0. The van der Waals surface area contributed by atoms with Crippen LogP contribution in [0, 0.1) is 0 Å². The van der Waals surface area contributed by atoms with Gasteiger partial charge in [-0.25, -0.2) is 0 Å². The molecule has 1 aliphatic rings. The van der Waals surface area contributed by atoms with E-state index in [0.29, 0.717) is 18.0 Å². The molecule has 6 heteroatoms. The van der Waals surface area contributed by atoms with Gasteiger partial charge in [0.1, 0.15) is 5.75 Å². The fourth-order valence-corrected chi connectivity index (χ4v) is 3.03. The summed E-state index contributed by atoms with van der Waals surface area (Å²) in [4.78, 5) is 30.2. The van der Waals surface area contributed by atoms with E-state index in [9.17, 15) is 9.59 Å². The number of para-hydroxylation sites is 4. The van der Waals surface area contributed by atoms with E-state index >= 15 is 0 Å². The zero-order valence-corrected chi connectivity index (χ0v) is 15.3. The van der Waals surface area contributed by atoms with Gasteiger partial charge in [-0.3, -0.25) is 9.59 Å². The van der Waals surface area contributed by atoms with Crippen molar-refractivity contribution in [3.63, 3.8) is 0 Å². The number of carbonyl (C=O) groups excluding carboxylic acids is 2. The van der Waals surface area contributed by atoms with Gasteiger partial charge in [-0.15, -0.1) is 0 Å². The third-order valence-corrected chi connectivity index (χ3v) is 4.46. The third kappa shape index (κ3) is 3.49. The number of anilines is 3. The van der Waals surface area contributed by atoms with Crippen molar-refractivity contribution in [3.05, 3.63) is 48.5 Å². The molecular weight excluding hydrogens is 330 g/mol. The summed E-state index contributed by atoms with van der Waals surface area (Å²) in [6.07, 6.45) is 0.234. The van der Waals surface area contributed by atoms with Gasteiger partial charge in [-0.1, -0.05) is 24.3 Å². The molecule has 0 unspecified atom stereocenters. The SMILES string of the molecule is CN(C)c1ccccc1N(C)C(=O)CCN1C(=O)COc2ccccc21. The highest BCUT2D eigenvalue weighted by atomic mass is 16.5. The molecule has 2 aromatic carbocycles. The van der Waals surface area contributed by atoms with Crippen LogP contribution in [0.2, 0.25) is 0 Å². The second-order valence-corrected chi connectivity index (χ2v) is 6.39. The Balaban J connectivity index is 1.72. The monoisotopic (exact) mass is 353 g/mol. The first kappa shape index (κ1) is 17.8. The standard InChI is InChI=1S/C20H23N3O3/c1-21(2)15-8-4-5-9-16(15)22(3)19(24)12-13-23-17-10-6-7-11-18(17)26-14-20(23)25/h4-11H,12-14H2,1-3H3. The molecule has 0 saturated carbocycles. The van der Waals surface area contributed by atoms with Crippen molar-refractivity contribution in [2.45, 2.75) is 6.42 Å². The summed E-state index contributed by atoms with van der Waals surface area (Å²) in [5, 5.41) is 0. The van der Waals surface area contributed by atoms with Crippen LogP contribution in [0.3, 0.4) is 0 Å². The Morgan fingerprint density at radius 2 is 1.69 bits per heavy atom. The number of benzene rings is 2. The van der Waals surface area contributed by atoms with Crippen molar-refractivity contribution in [3.8, 4) is 5.75 Å². The van der Waals surface area contributed by atoms with Crippen LogP contribution in [0.4, 0.5) is 17.1 Å². The molecule has 1 aliphatic heterocycles. The predicted molar refractivity (Wildman–Crippen MR) is 103 cm³/mol. The number of fused-ring (bicyclic) bond motifs is 1. The number of nitrogens with zero attached hydrogens (tertiary/aromatic N) is 3. The maximum absolute atomic E-state index is 12.7. The van der Waals surface area contributed by atoms with E-state index in [1.807, 2.05) is 67.5 Å². The Kier molecular flexibility index (Phi) is 5.11. The summed E-state index contributed by atoms with van der Waals surface area (Å²) < 4.78 is 5.44. The number of carbonyl (C=O) groups is 2. The quantitative estimate of drug-likeness (QED) is 0.829. The van der Waals surface area contributed by atoms with Gasteiger partial charge >= 0.3 is 0 Å². The fourth-order valence-electron chi connectivity index (χ4n) is 3.03. The van der Waals surface area contributed by atoms with Gasteiger partial charge in [0.25, 0.3) is 5.91 Å². The first-order valence-corrected chi connectivity index (χ1v) is 8.54. The minimum absolute atomic E-state index is 0.00447. The molecule has 0 saturated heterocycles. The summed E-state index contributed by atoms with van der Waals surface area (Å²) in [5.74, 6) is 0.495. The van der Waals surface area contributed by atoms with Crippen LogP contribution in [-0.4, -0.2) is 46.1 Å². The molecule has 0 bridgehead atoms. The van der Waals surface area contributed by atoms with Crippen LogP contribution in [-0.2, 0) is 9.59 Å². The Labute approximate surface area is 153 Å². The van der Waals surface area contributed by atoms with E-state index < -0.39 is 0 Å². The molecule has 2 amide bonds. The molecule has 26 heavy (non-hydrogen) atoms. The molecule has 3 rings (SSSR count). The van der Waals surface area contributed by atoms with Gasteiger partial charge < -0.3 is 19.4 Å². The summed E-state index contributed by atoms with van der Waals surface area (Å²) in [6.45, 7) is 0.330. The second-order valence-electron chi connectivity index (χ2n) is 6.39. The molecule has 0 atom stereocenters. The molecule has 0 fully saturated rings. The number of rotatable bonds is 5. The maximum Gasteiger partial charge on any atom is 0.265 e. The van der Waals surface area contributed by atoms with Crippen molar-refractivity contribution >= 4 is 28.9 Å². The highest BCUT2D eigenvalue weighted by Gasteiger charge is 2.26. The van der Waals surface area contributed by atoms with Gasteiger partial charge in [-0.05, 0) is 24.3 Å². The third-order valence-electron chi connectivity index (χ3n) is 4.46. The molecule has 6 nitrogen and oxygen atoms in total. The molecule has 0 N–H and O–H groups in total. The lowest BCUT2D eigenvalue weighted by Gasteiger charge is -2.30. The predicted octanol–water partition coefficient (Wildman–Crippen LogP) is 2.53. The number of hydrogen-bond acceptors (Lipinski definition) is 4. The molecule has 0 aromatic heterocycles. The molecule has 1 heterocycles. The van der Waals surface area contributed by atoms with Crippen LogP contribution >= 0.6 is 0 Å². The van der Waals surface area contributed by atoms with Crippen molar-refractivity contribution in [1.82, 2.24) is 0 Å². The Morgan fingerprint density at radius 1 is 1.04 bits per heavy atom. The molecule has 0 spiro atoms. The Hall–Kier alpha value is -3.02. The smallest absolute Gasteiger partial charge is 0.265 e. The highest BCUT2D eigenvalue weighted by molar-refractivity contribution is 6.00. The summed E-state index contributed by atoms with van der Waals surface area (Å²) in [7, 11) is 5.65. The average molecular weight is 353 g/mol. The maximum atomic E-state index is 12.7. The molecule has 0 radical (unpaired) electrons. The van der Waals surface area contributed by atoms with Crippen LogP contribution in [0.5, 0.6) is 5.75 Å². The molecule has 0 aliphatic carbocycles. The van der Waals surface area contributed by atoms with E-state index in [1.54, 1.807) is 16.8 Å². The second kappa shape index (κ2) is 7.47. The van der Waals surface area contributed by atoms with Crippen LogP contribution in [0.25, 0.3) is 0 Å². The summed E-state index contributed by atoms with van der Waals surface area (Å²) in [5.41, 5.74) is 2.53. The minimum Gasteiger partial charge on any atom is -0.482 e. The zero-order valence-electron chi connectivity index (χ0n) is 15.3. The van der Waals surface area contributed by atoms with Gasteiger partial charge in [0.2, 0.25) is 5.91 Å². The summed E-state index contributed by atoms with van der Waals surface area (Å²) >= 11 is 0. The lowest BCUT2D eigenvalue weighted by atomic mass is 10.2. The minimum atomic E-state index is -0.132. The van der Waals surface area contributed by atoms with E-state index in [-0.39, 0.29) is 24.8 Å². The van der Waals surface area contributed by atoms with E-state index in [2.05, 4.69) is 0 Å². The van der Waals surface area contributed by atoms with Gasteiger partial charge in [0.15, 0.2) is 6.61 Å². The van der Waals surface area contributed by atoms with Crippen molar-refractivity contribution < 1.29 is 14.3 Å². The van der Waals surface area contributed by atoms with Crippen molar-refractivity contribution in [2.75, 3.05) is 49.0 Å². The van der Waals surface area contributed by atoms with E-state index in [1.165, 1.54) is 0 Å². The number of amides is 2.